The highest BCUT2D eigenvalue weighted by molar-refractivity contribution is 7.16. The van der Waals surface area contributed by atoms with Gasteiger partial charge in [-0.2, -0.15) is 5.10 Å². The van der Waals surface area contributed by atoms with Crippen LogP contribution >= 0.6 is 11.3 Å². The Morgan fingerprint density at radius 3 is 3.00 bits per heavy atom. The summed E-state index contributed by atoms with van der Waals surface area (Å²) in [6, 6.07) is 7.25. The summed E-state index contributed by atoms with van der Waals surface area (Å²) in [7, 11) is 0. The number of aromatic amines is 1. The van der Waals surface area contributed by atoms with E-state index in [9.17, 15) is 4.79 Å². The van der Waals surface area contributed by atoms with Crippen LogP contribution in [0.3, 0.4) is 0 Å². The molecule has 6 heteroatoms. The minimum atomic E-state index is -0.295. The van der Waals surface area contributed by atoms with Crippen LogP contribution < -0.4 is 10.7 Å². The third kappa shape index (κ3) is 1.40. The van der Waals surface area contributed by atoms with Gasteiger partial charge in [0.2, 0.25) is 0 Å². The van der Waals surface area contributed by atoms with E-state index in [4.69, 9.17) is 10.2 Å². The number of fused-ring (bicyclic) bond motifs is 1. The van der Waals surface area contributed by atoms with Crippen LogP contribution in [-0.2, 0) is 0 Å². The van der Waals surface area contributed by atoms with E-state index in [2.05, 4.69) is 10.2 Å². The van der Waals surface area contributed by atoms with Gasteiger partial charge >= 0.3 is 4.94 Å². The van der Waals surface area contributed by atoms with Gasteiger partial charge in [-0.15, -0.1) is 0 Å². The maximum Gasteiger partial charge on any atom is 0.396 e. The topological polar surface area (TPSA) is 84.9 Å². The van der Waals surface area contributed by atoms with Gasteiger partial charge < -0.3 is 10.2 Å². The molecule has 0 radical (unpaired) electrons. The van der Waals surface area contributed by atoms with Crippen molar-refractivity contribution in [2.24, 2.45) is 0 Å². The van der Waals surface area contributed by atoms with Crippen molar-refractivity contribution in [1.82, 2.24) is 10.2 Å². The normalized spacial score (nSPS) is 11.0. The molecular formula is C10H7N3O2S. The minimum Gasteiger partial charge on any atom is -0.414 e. The average Bonchev–Trinajstić information content (AvgIpc) is 2.81. The predicted octanol–water partition coefficient (Wildman–Crippen LogP) is 1.83. The molecule has 3 rings (SSSR count). The van der Waals surface area contributed by atoms with E-state index < -0.39 is 0 Å². The second-order valence-electron chi connectivity index (χ2n) is 3.32. The fourth-order valence-corrected chi connectivity index (χ4v) is 2.17. The third-order valence-electron chi connectivity index (χ3n) is 2.24. The summed E-state index contributed by atoms with van der Waals surface area (Å²) >= 11 is 1.09. The zero-order chi connectivity index (χ0) is 11.1. The van der Waals surface area contributed by atoms with E-state index in [0.717, 1.165) is 27.3 Å². The molecule has 5 nitrogen and oxygen atoms in total. The third-order valence-corrected chi connectivity index (χ3v) is 3.05. The van der Waals surface area contributed by atoms with Crippen molar-refractivity contribution in [3.8, 4) is 11.3 Å². The molecule has 0 aliphatic carbocycles. The summed E-state index contributed by atoms with van der Waals surface area (Å²) in [6.07, 6.45) is 0. The lowest BCUT2D eigenvalue weighted by Crippen LogP contribution is -1.81. The quantitative estimate of drug-likeness (QED) is 0.671. The van der Waals surface area contributed by atoms with Gasteiger partial charge in [0.05, 0.1) is 10.4 Å². The maximum absolute atomic E-state index is 11.1. The zero-order valence-corrected chi connectivity index (χ0v) is 8.88. The van der Waals surface area contributed by atoms with Crippen molar-refractivity contribution < 1.29 is 4.42 Å². The number of benzene rings is 1. The SMILES string of the molecule is Nc1cc(-c2ccc3sc(=O)oc3c2)[nH]n1. The van der Waals surface area contributed by atoms with Crippen LogP contribution in [-0.4, -0.2) is 10.2 Å². The fraction of sp³-hybridized carbons (Fsp3) is 0. The Bertz CT molecular complexity index is 710. The van der Waals surface area contributed by atoms with Gasteiger partial charge in [-0.1, -0.05) is 17.4 Å². The summed E-state index contributed by atoms with van der Waals surface area (Å²) in [5.41, 5.74) is 7.79. The molecule has 0 fully saturated rings. The molecule has 0 atom stereocenters. The molecule has 2 heterocycles. The lowest BCUT2D eigenvalue weighted by atomic mass is 10.1. The van der Waals surface area contributed by atoms with Crippen LogP contribution in [0, 0.1) is 0 Å². The summed E-state index contributed by atoms with van der Waals surface area (Å²) in [4.78, 5) is 10.8. The summed E-state index contributed by atoms with van der Waals surface area (Å²) in [5, 5.41) is 6.64. The highest BCUT2D eigenvalue weighted by Gasteiger charge is 2.06. The van der Waals surface area contributed by atoms with Gasteiger partial charge in [-0.05, 0) is 12.1 Å². The highest BCUT2D eigenvalue weighted by Crippen LogP contribution is 2.25. The number of hydrogen-bond acceptors (Lipinski definition) is 5. The number of rotatable bonds is 1. The monoisotopic (exact) mass is 233 g/mol. The Morgan fingerprint density at radius 1 is 1.38 bits per heavy atom. The molecule has 1 aromatic carbocycles. The molecule has 0 saturated heterocycles. The Balaban J connectivity index is 2.21. The first kappa shape index (κ1) is 9.17. The summed E-state index contributed by atoms with van der Waals surface area (Å²) in [6.45, 7) is 0. The van der Waals surface area contributed by atoms with E-state index in [-0.39, 0.29) is 4.94 Å². The van der Waals surface area contributed by atoms with Crippen molar-refractivity contribution >= 4 is 27.4 Å². The van der Waals surface area contributed by atoms with Crippen molar-refractivity contribution in [2.45, 2.75) is 0 Å². The zero-order valence-electron chi connectivity index (χ0n) is 8.06. The number of hydrogen-bond donors (Lipinski definition) is 2. The molecule has 16 heavy (non-hydrogen) atoms. The first-order valence-corrected chi connectivity index (χ1v) is 5.39. The number of nitrogens with zero attached hydrogens (tertiary/aromatic N) is 1. The second-order valence-corrected chi connectivity index (χ2v) is 4.30. The largest absolute Gasteiger partial charge is 0.414 e. The maximum atomic E-state index is 11.1. The molecule has 0 amide bonds. The van der Waals surface area contributed by atoms with Crippen molar-refractivity contribution in [3.05, 3.63) is 34.0 Å². The average molecular weight is 233 g/mol. The van der Waals surface area contributed by atoms with E-state index in [1.807, 2.05) is 12.1 Å². The molecule has 3 N–H and O–H groups in total. The molecular weight excluding hydrogens is 226 g/mol. The van der Waals surface area contributed by atoms with E-state index in [1.54, 1.807) is 12.1 Å². The molecule has 80 valence electrons. The standard InChI is InChI=1S/C10H7N3O2S/c11-9-4-6(12-13-9)5-1-2-8-7(3-5)15-10(14)16-8/h1-4H,(H3,11,12,13). The van der Waals surface area contributed by atoms with Crippen molar-refractivity contribution in [2.75, 3.05) is 5.73 Å². The molecule has 0 spiro atoms. The first-order chi connectivity index (χ1) is 7.72. The van der Waals surface area contributed by atoms with Gasteiger partial charge in [-0.3, -0.25) is 5.10 Å². The van der Waals surface area contributed by atoms with Crippen LogP contribution in [0.1, 0.15) is 0 Å². The molecule has 0 aliphatic rings. The lowest BCUT2D eigenvalue weighted by Gasteiger charge is -1.95. The molecule has 0 aliphatic heterocycles. The number of nitrogens with two attached hydrogens (primary N) is 1. The van der Waals surface area contributed by atoms with Crippen LogP contribution in [0.5, 0.6) is 0 Å². The first-order valence-electron chi connectivity index (χ1n) is 4.57. The van der Waals surface area contributed by atoms with Crippen molar-refractivity contribution in [1.29, 1.82) is 0 Å². The van der Waals surface area contributed by atoms with Crippen LogP contribution in [0.25, 0.3) is 21.5 Å². The molecule has 0 saturated carbocycles. The Morgan fingerprint density at radius 2 is 2.25 bits per heavy atom. The Labute approximate surface area is 93.5 Å². The van der Waals surface area contributed by atoms with Gasteiger partial charge in [0.15, 0.2) is 0 Å². The summed E-state index contributed by atoms with van der Waals surface area (Å²) in [5.74, 6) is 0.432. The fourth-order valence-electron chi connectivity index (χ4n) is 1.53. The van der Waals surface area contributed by atoms with E-state index >= 15 is 0 Å². The van der Waals surface area contributed by atoms with Crippen molar-refractivity contribution in [3.63, 3.8) is 0 Å². The highest BCUT2D eigenvalue weighted by atomic mass is 32.1. The van der Waals surface area contributed by atoms with E-state index in [0.29, 0.717) is 11.4 Å². The smallest absolute Gasteiger partial charge is 0.396 e. The van der Waals surface area contributed by atoms with Gasteiger partial charge in [-0.25, -0.2) is 4.79 Å². The van der Waals surface area contributed by atoms with Gasteiger partial charge in [0.1, 0.15) is 11.4 Å². The Kier molecular flexibility index (Phi) is 1.84. The minimum absolute atomic E-state index is 0.295. The number of anilines is 1. The molecule has 3 aromatic rings. The van der Waals surface area contributed by atoms with Gasteiger partial charge in [0.25, 0.3) is 0 Å². The van der Waals surface area contributed by atoms with Crippen LogP contribution in [0.2, 0.25) is 0 Å². The lowest BCUT2D eigenvalue weighted by molar-refractivity contribution is 0.585. The molecule has 0 bridgehead atoms. The van der Waals surface area contributed by atoms with Gasteiger partial charge in [0, 0.05) is 11.6 Å². The second kappa shape index (κ2) is 3.21. The number of nitrogen functional groups attached to an aromatic ring is 1. The number of H-pyrrole nitrogens is 1. The van der Waals surface area contributed by atoms with Crippen LogP contribution in [0.15, 0.2) is 33.5 Å². The molecule has 0 unspecified atom stereocenters. The van der Waals surface area contributed by atoms with E-state index in [1.165, 1.54) is 0 Å². The predicted molar refractivity (Wildman–Crippen MR) is 62.4 cm³/mol. The number of nitrogens with one attached hydrogen (secondary N) is 1. The number of aromatic nitrogens is 2. The molecule has 2 aromatic heterocycles. The summed E-state index contributed by atoms with van der Waals surface area (Å²) < 4.78 is 5.87. The van der Waals surface area contributed by atoms with Crippen LogP contribution in [0.4, 0.5) is 5.82 Å². The Hall–Kier alpha value is -2.08.